The Balaban J connectivity index is 1.85. The molecule has 0 spiro atoms. The highest BCUT2D eigenvalue weighted by molar-refractivity contribution is 5.78. The molecule has 0 amide bonds. The second kappa shape index (κ2) is 5.20. The maximum atomic E-state index is 4.51. The third-order valence-corrected chi connectivity index (χ3v) is 4.01. The summed E-state index contributed by atoms with van der Waals surface area (Å²) in [6.07, 6.45) is 1.92. The Bertz CT molecular complexity index is 802. The van der Waals surface area contributed by atoms with E-state index >= 15 is 0 Å². The van der Waals surface area contributed by atoms with Crippen molar-refractivity contribution >= 4 is 16.7 Å². The second-order valence-corrected chi connectivity index (χ2v) is 5.52. The van der Waals surface area contributed by atoms with E-state index in [0.717, 1.165) is 23.3 Å². The molecule has 0 fully saturated rings. The van der Waals surface area contributed by atoms with E-state index in [2.05, 4.69) is 53.5 Å². The molecule has 0 unspecified atom stereocenters. The monoisotopic (exact) mass is 280 g/mol. The zero-order valence-corrected chi connectivity index (χ0v) is 12.9. The predicted molar refractivity (Wildman–Crippen MR) is 86.5 cm³/mol. The lowest BCUT2D eigenvalue weighted by Crippen LogP contribution is -2.02. The number of benzene rings is 1. The van der Waals surface area contributed by atoms with E-state index in [-0.39, 0.29) is 0 Å². The number of rotatable bonds is 3. The maximum absolute atomic E-state index is 4.51. The van der Waals surface area contributed by atoms with Gasteiger partial charge < -0.3 is 5.32 Å². The fraction of sp³-hybridized carbons (Fsp3) is 0.294. The van der Waals surface area contributed by atoms with Crippen molar-refractivity contribution in [1.82, 2.24) is 14.8 Å². The van der Waals surface area contributed by atoms with Gasteiger partial charge in [0.05, 0.1) is 5.69 Å². The van der Waals surface area contributed by atoms with E-state index in [0.29, 0.717) is 0 Å². The molecular weight excluding hydrogens is 260 g/mol. The predicted octanol–water partition coefficient (Wildman–Crippen LogP) is 3.51. The van der Waals surface area contributed by atoms with Crippen LogP contribution in [0.25, 0.3) is 11.0 Å². The molecule has 0 bridgehead atoms. The van der Waals surface area contributed by atoms with Crippen molar-refractivity contribution in [3.63, 3.8) is 0 Å². The molecule has 2 heterocycles. The molecule has 4 heteroatoms. The fourth-order valence-corrected chi connectivity index (χ4v) is 2.59. The first kappa shape index (κ1) is 13.6. The summed E-state index contributed by atoms with van der Waals surface area (Å²) in [5, 5.41) is 9.03. The first-order chi connectivity index (χ1) is 10.1. The molecule has 0 radical (unpaired) electrons. The van der Waals surface area contributed by atoms with Crippen molar-refractivity contribution in [1.29, 1.82) is 0 Å². The first-order valence-corrected chi connectivity index (χ1v) is 7.14. The smallest absolute Gasteiger partial charge is 0.157 e. The molecular formula is C17H20N4. The van der Waals surface area contributed by atoms with E-state index in [1.807, 2.05) is 24.9 Å². The van der Waals surface area contributed by atoms with Gasteiger partial charge in [-0.1, -0.05) is 12.1 Å². The lowest BCUT2D eigenvalue weighted by Gasteiger charge is -2.11. The minimum Gasteiger partial charge on any atom is -0.381 e. The number of nitrogens with one attached hydrogen (secondary N) is 1. The van der Waals surface area contributed by atoms with Crippen LogP contribution in [0.2, 0.25) is 0 Å². The molecule has 0 saturated heterocycles. The number of aromatic nitrogens is 3. The third-order valence-electron chi connectivity index (χ3n) is 4.01. The summed E-state index contributed by atoms with van der Waals surface area (Å²) in [5.41, 5.74) is 6.90. The normalized spacial score (nSPS) is 11.0. The molecule has 4 nitrogen and oxygen atoms in total. The van der Waals surface area contributed by atoms with Crippen LogP contribution in [0, 0.1) is 20.8 Å². The summed E-state index contributed by atoms with van der Waals surface area (Å²) in [5.74, 6) is 0. The Morgan fingerprint density at radius 3 is 2.81 bits per heavy atom. The zero-order chi connectivity index (χ0) is 15.0. The van der Waals surface area contributed by atoms with Gasteiger partial charge in [0.25, 0.3) is 0 Å². The molecule has 3 rings (SSSR count). The molecule has 0 atom stereocenters. The van der Waals surface area contributed by atoms with E-state index in [4.69, 9.17) is 0 Å². The quantitative estimate of drug-likeness (QED) is 0.798. The van der Waals surface area contributed by atoms with Crippen LogP contribution in [0.1, 0.15) is 22.4 Å². The lowest BCUT2D eigenvalue weighted by atomic mass is 10.1. The van der Waals surface area contributed by atoms with Crippen LogP contribution in [0.15, 0.2) is 30.5 Å². The molecule has 1 aromatic carbocycles. The number of hydrogen-bond donors (Lipinski definition) is 1. The number of hydrogen-bond acceptors (Lipinski definition) is 3. The van der Waals surface area contributed by atoms with Gasteiger partial charge in [0.15, 0.2) is 5.65 Å². The molecule has 108 valence electrons. The lowest BCUT2D eigenvalue weighted by molar-refractivity contribution is 0.773. The Morgan fingerprint density at radius 1 is 1.19 bits per heavy atom. The Morgan fingerprint density at radius 2 is 2.00 bits per heavy atom. The number of nitrogens with zero attached hydrogens (tertiary/aromatic N) is 3. The zero-order valence-electron chi connectivity index (χ0n) is 12.9. The Labute approximate surface area is 124 Å². The molecule has 3 aromatic rings. The van der Waals surface area contributed by atoms with Crippen LogP contribution in [0.4, 0.5) is 5.69 Å². The van der Waals surface area contributed by atoms with E-state index in [9.17, 15) is 0 Å². The van der Waals surface area contributed by atoms with Crippen LogP contribution < -0.4 is 5.32 Å². The molecule has 0 saturated carbocycles. The van der Waals surface area contributed by atoms with Gasteiger partial charge in [0, 0.05) is 30.9 Å². The van der Waals surface area contributed by atoms with E-state index < -0.39 is 0 Å². The SMILES string of the molecule is Cc1cccc(NCc2cnc3c(c2)c(C)nn3C)c1C. The number of anilines is 1. The van der Waals surface area contributed by atoms with Crippen molar-refractivity contribution in [3.8, 4) is 0 Å². The van der Waals surface area contributed by atoms with Crippen LogP contribution in [-0.4, -0.2) is 14.8 Å². The average molecular weight is 280 g/mol. The molecule has 1 N–H and O–H groups in total. The van der Waals surface area contributed by atoms with Gasteiger partial charge in [-0.3, -0.25) is 4.68 Å². The van der Waals surface area contributed by atoms with Crippen molar-refractivity contribution in [2.24, 2.45) is 7.05 Å². The van der Waals surface area contributed by atoms with Gasteiger partial charge in [0.1, 0.15) is 0 Å². The Kier molecular flexibility index (Phi) is 3.37. The van der Waals surface area contributed by atoms with Crippen LogP contribution >= 0.6 is 0 Å². The summed E-state index contributed by atoms with van der Waals surface area (Å²) in [6.45, 7) is 7.06. The highest BCUT2D eigenvalue weighted by Gasteiger charge is 2.07. The summed E-state index contributed by atoms with van der Waals surface area (Å²) < 4.78 is 1.83. The third kappa shape index (κ3) is 2.49. The minimum absolute atomic E-state index is 0.765. The summed E-state index contributed by atoms with van der Waals surface area (Å²) in [4.78, 5) is 4.51. The fourth-order valence-electron chi connectivity index (χ4n) is 2.59. The maximum Gasteiger partial charge on any atom is 0.157 e. The molecule has 0 aliphatic rings. The average Bonchev–Trinajstić information content (AvgIpc) is 2.75. The molecule has 0 aliphatic carbocycles. The highest BCUT2D eigenvalue weighted by Crippen LogP contribution is 2.20. The van der Waals surface area contributed by atoms with Gasteiger partial charge in [0.2, 0.25) is 0 Å². The molecule has 0 aliphatic heterocycles. The van der Waals surface area contributed by atoms with Crippen LogP contribution in [-0.2, 0) is 13.6 Å². The standard InChI is InChI=1S/C17H20N4/c1-11-6-5-7-16(12(11)2)18-9-14-8-15-13(3)20-21(4)17(15)19-10-14/h5-8,10,18H,9H2,1-4H3. The summed E-state index contributed by atoms with van der Waals surface area (Å²) >= 11 is 0. The van der Waals surface area contributed by atoms with Gasteiger partial charge in [-0.25, -0.2) is 4.98 Å². The minimum atomic E-state index is 0.765. The van der Waals surface area contributed by atoms with Crippen molar-refractivity contribution in [3.05, 3.63) is 52.8 Å². The van der Waals surface area contributed by atoms with E-state index in [1.165, 1.54) is 22.4 Å². The highest BCUT2D eigenvalue weighted by atomic mass is 15.3. The van der Waals surface area contributed by atoms with Crippen molar-refractivity contribution in [2.45, 2.75) is 27.3 Å². The Hall–Kier alpha value is -2.36. The van der Waals surface area contributed by atoms with Gasteiger partial charge in [-0.15, -0.1) is 0 Å². The number of pyridine rings is 1. The largest absolute Gasteiger partial charge is 0.381 e. The number of aryl methyl sites for hydroxylation is 3. The van der Waals surface area contributed by atoms with Gasteiger partial charge >= 0.3 is 0 Å². The van der Waals surface area contributed by atoms with Gasteiger partial charge in [-0.2, -0.15) is 5.10 Å². The second-order valence-electron chi connectivity index (χ2n) is 5.52. The number of fused-ring (bicyclic) bond motifs is 1. The van der Waals surface area contributed by atoms with Crippen molar-refractivity contribution in [2.75, 3.05) is 5.32 Å². The van der Waals surface area contributed by atoms with Gasteiger partial charge in [-0.05, 0) is 49.6 Å². The van der Waals surface area contributed by atoms with Crippen LogP contribution in [0.3, 0.4) is 0 Å². The summed E-state index contributed by atoms with van der Waals surface area (Å²) in [7, 11) is 1.93. The first-order valence-electron chi connectivity index (χ1n) is 7.14. The van der Waals surface area contributed by atoms with Crippen molar-refractivity contribution < 1.29 is 0 Å². The molecule has 21 heavy (non-hydrogen) atoms. The topological polar surface area (TPSA) is 42.7 Å². The molecule has 2 aromatic heterocycles. The van der Waals surface area contributed by atoms with Crippen LogP contribution in [0.5, 0.6) is 0 Å². The summed E-state index contributed by atoms with van der Waals surface area (Å²) in [6, 6.07) is 8.50. The van der Waals surface area contributed by atoms with E-state index in [1.54, 1.807) is 0 Å².